The first-order valence-electron chi connectivity index (χ1n) is 13.3. The van der Waals surface area contributed by atoms with Crippen molar-refractivity contribution >= 4 is 28.4 Å². The van der Waals surface area contributed by atoms with Crippen LogP contribution in [-0.2, 0) is 9.47 Å². The minimum atomic E-state index is -0.0606. The van der Waals surface area contributed by atoms with Crippen molar-refractivity contribution in [2.24, 2.45) is 10.7 Å². The van der Waals surface area contributed by atoms with Crippen LogP contribution in [0.2, 0.25) is 0 Å². The number of aromatic nitrogens is 2. The van der Waals surface area contributed by atoms with Crippen LogP contribution in [0.4, 0.5) is 11.4 Å². The van der Waals surface area contributed by atoms with Crippen molar-refractivity contribution < 1.29 is 9.47 Å². The van der Waals surface area contributed by atoms with Crippen LogP contribution in [0.25, 0.3) is 28.1 Å². The minimum Gasteiger partial charge on any atom is -0.377 e. The molecule has 0 saturated carbocycles. The normalized spacial score (nSPS) is 11.7. The van der Waals surface area contributed by atoms with E-state index in [2.05, 4.69) is 45.5 Å². The Bertz CT molecular complexity index is 1590. The van der Waals surface area contributed by atoms with E-state index in [-0.39, 0.29) is 5.96 Å². The number of nitrogens with two attached hydrogens (primary N) is 1. The van der Waals surface area contributed by atoms with E-state index in [0.29, 0.717) is 39.5 Å². The summed E-state index contributed by atoms with van der Waals surface area (Å²) < 4.78 is 13.5. The SMILES string of the molecule is N=C(N)NCCOCCOCC/N=c1/cc2n(-c3ccccc3)c3ccccc3nc-2cc1Nc1ccccc1. The molecular formula is C31H33N7O2. The molecule has 9 nitrogen and oxygen atoms in total. The summed E-state index contributed by atoms with van der Waals surface area (Å²) in [7, 11) is 0. The summed E-state index contributed by atoms with van der Waals surface area (Å²) >= 11 is 0. The van der Waals surface area contributed by atoms with Gasteiger partial charge in [-0.05, 0) is 48.5 Å². The average molecular weight is 536 g/mol. The van der Waals surface area contributed by atoms with Gasteiger partial charge in [-0.25, -0.2) is 4.98 Å². The number of benzene rings is 4. The van der Waals surface area contributed by atoms with Crippen molar-refractivity contribution in [3.63, 3.8) is 0 Å². The number of ether oxygens (including phenoxy) is 2. The Morgan fingerprint density at radius 2 is 1.55 bits per heavy atom. The molecular weight excluding hydrogens is 502 g/mol. The second-order valence-corrected chi connectivity index (χ2v) is 9.07. The van der Waals surface area contributed by atoms with Crippen molar-refractivity contribution in [3.8, 4) is 17.1 Å². The summed E-state index contributed by atoms with van der Waals surface area (Å²) in [6, 6.07) is 32.7. The lowest BCUT2D eigenvalue weighted by molar-refractivity contribution is 0.0528. The number of fused-ring (bicyclic) bond motifs is 2. The molecule has 204 valence electrons. The van der Waals surface area contributed by atoms with E-state index in [1.54, 1.807) is 0 Å². The molecule has 0 atom stereocenters. The highest BCUT2D eigenvalue weighted by molar-refractivity contribution is 5.84. The Hall–Kier alpha value is -4.73. The van der Waals surface area contributed by atoms with Crippen LogP contribution >= 0.6 is 0 Å². The zero-order valence-electron chi connectivity index (χ0n) is 22.2. The quantitative estimate of drug-likeness (QED) is 0.0818. The summed E-state index contributed by atoms with van der Waals surface area (Å²) in [5, 5.41) is 14.2. The minimum absolute atomic E-state index is 0.0606. The maximum absolute atomic E-state index is 7.14. The third-order valence-electron chi connectivity index (χ3n) is 6.22. The zero-order chi connectivity index (χ0) is 27.6. The molecule has 1 aliphatic heterocycles. The van der Waals surface area contributed by atoms with Crippen LogP contribution in [-0.4, -0.2) is 55.0 Å². The summed E-state index contributed by atoms with van der Waals surface area (Å²) in [5.74, 6) is -0.0606. The molecule has 1 heterocycles. The maximum atomic E-state index is 7.14. The summed E-state index contributed by atoms with van der Waals surface area (Å²) in [6.45, 7) is 2.85. The van der Waals surface area contributed by atoms with Gasteiger partial charge < -0.3 is 30.4 Å². The number of nitrogens with one attached hydrogen (secondary N) is 3. The molecule has 2 aliphatic rings. The van der Waals surface area contributed by atoms with Gasteiger partial charge in [-0.2, -0.15) is 0 Å². The molecule has 5 N–H and O–H groups in total. The number of anilines is 2. The monoisotopic (exact) mass is 535 g/mol. The Balaban J connectivity index is 1.43. The smallest absolute Gasteiger partial charge is 0.185 e. The van der Waals surface area contributed by atoms with Gasteiger partial charge >= 0.3 is 0 Å². The average Bonchev–Trinajstić information content (AvgIpc) is 2.98. The zero-order valence-corrected chi connectivity index (χ0v) is 22.2. The summed E-state index contributed by atoms with van der Waals surface area (Å²) in [4.78, 5) is 9.92. The van der Waals surface area contributed by atoms with Gasteiger partial charge in [0.15, 0.2) is 5.96 Å². The first-order chi connectivity index (χ1) is 19.7. The number of nitrogens with zero attached hydrogens (tertiary/aromatic N) is 3. The van der Waals surface area contributed by atoms with Crippen molar-refractivity contribution in [2.45, 2.75) is 0 Å². The molecule has 1 aliphatic carbocycles. The fraction of sp³-hybridized carbons (Fsp3) is 0.194. The van der Waals surface area contributed by atoms with Gasteiger partial charge in [-0.3, -0.25) is 10.4 Å². The van der Waals surface area contributed by atoms with E-state index in [4.69, 9.17) is 30.6 Å². The van der Waals surface area contributed by atoms with E-state index < -0.39 is 0 Å². The van der Waals surface area contributed by atoms with E-state index in [9.17, 15) is 0 Å². The van der Waals surface area contributed by atoms with Crippen molar-refractivity contribution in [1.29, 1.82) is 5.41 Å². The van der Waals surface area contributed by atoms with Crippen LogP contribution in [0.3, 0.4) is 0 Å². The predicted octanol–water partition coefficient (Wildman–Crippen LogP) is 4.29. The van der Waals surface area contributed by atoms with E-state index in [1.807, 2.05) is 66.7 Å². The highest BCUT2D eigenvalue weighted by Crippen LogP contribution is 2.30. The predicted molar refractivity (Wildman–Crippen MR) is 159 cm³/mol. The number of guanidine groups is 1. The van der Waals surface area contributed by atoms with Crippen molar-refractivity contribution in [1.82, 2.24) is 14.9 Å². The molecule has 0 aromatic heterocycles. The molecule has 3 aromatic carbocycles. The van der Waals surface area contributed by atoms with E-state index >= 15 is 0 Å². The van der Waals surface area contributed by atoms with Crippen molar-refractivity contribution in [2.75, 3.05) is 44.8 Å². The molecule has 0 fully saturated rings. The van der Waals surface area contributed by atoms with Gasteiger partial charge in [0.25, 0.3) is 0 Å². The Labute approximate surface area is 233 Å². The third-order valence-corrected chi connectivity index (χ3v) is 6.22. The van der Waals surface area contributed by atoms with Crippen LogP contribution in [0.5, 0.6) is 0 Å². The lowest BCUT2D eigenvalue weighted by atomic mass is 10.1. The van der Waals surface area contributed by atoms with Crippen molar-refractivity contribution in [3.05, 3.63) is 102 Å². The van der Waals surface area contributed by atoms with Crippen LogP contribution < -0.4 is 21.7 Å². The third kappa shape index (κ3) is 6.82. The highest BCUT2D eigenvalue weighted by atomic mass is 16.5. The second-order valence-electron chi connectivity index (χ2n) is 9.07. The molecule has 0 radical (unpaired) electrons. The molecule has 40 heavy (non-hydrogen) atoms. The molecule has 0 saturated heterocycles. The molecule has 9 heteroatoms. The molecule has 0 bridgehead atoms. The van der Waals surface area contributed by atoms with Gasteiger partial charge in [0.2, 0.25) is 0 Å². The first kappa shape index (κ1) is 26.9. The van der Waals surface area contributed by atoms with Gasteiger partial charge in [-0.15, -0.1) is 0 Å². The van der Waals surface area contributed by atoms with Gasteiger partial charge in [-0.1, -0.05) is 48.5 Å². The summed E-state index contributed by atoms with van der Waals surface area (Å²) in [6.07, 6.45) is 0. The molecule has 5 rings (SSSR count). The number of para-hydroxylation sites is 4. The van der Waals surface area contributed by atoms with Gasteiger partial charge in [0.1, 0.15) is 0 Å². The fourth-order valence-corrected chi connectivity index (χ4v) is 4.42. The molecule has 3 aromatic rings. The Morgan fingerprint density at radius 1 is 0.850 bits per heavy atom. The van der Waals surface area contributed by atoms with Gasteiger partial charge in [0, 0.05) is 17.9 Å². The lowest BCUT2D eigenvalue weighted by Gasteiger charge is -2.20. The standard InChI is InChI=1S/C31H33N7O2/c32-31(33)35-16-18-40-20-19-39-17-15-34-26-22-30-28(21-27(26)36-23-9-3-1-4-10-23)37-25-13-7-8-14-29(25)38(30)24-11-5-2-6-12-24/h1-14,21-22,36H,15-20H2,(H4,32,33,35)/b34-26-. The molecule has 0 spiro atoms. The molecule has 0 amide bonds. The number of hydrogen-bond acceptors (Lipinski definition) is 6. The maximum Gasteiger partial charge on any atom is 0.185 e. The van der Waals surface area contributed by atoms with E-state index in [0.717, 1.165) is 44.8 Å². The van der Waals surface area contributed by atoms with Crippen LogP contribution in [0, 0.1) is 5.41 Å². The van der Waals surface area contributed by atoms with Crippen LogP contribution in [0.15, 0.2) is 102 Å². The second kappa shape index (κ2) is 13.4. The topological polar surface area (TPSA) is 123 Å². The van der Waals surface area contributed by atoms with Gasteiger partial charge in [0.05, 0.1) is 66.4 Å². The highest BCUT2D eigenvalue weighted by Gasteiger charge is 2.16. The fourth-order valence-electron chi connectivity index (χ4n) is 4.42. The Morgan fingerprint density at radius 3 is 2.33 bits per heavy atom. The lowest BCUT2D eigenvalue weighted by Crippen LogP contribution is -2.33. The largest absolute Gasteiger partial charge is 0.377 e. The van der Waals surface area contributed by atoms with Crippen LogP contribution in [0.1, 0.15) is 0 Å². The first-order valence-corrected chi connectivity index (χ1v) is 13.3. The Kier molecular flexibility index (Phi) is 8.98. The number of rotatable bonds is 12. The summed E-state index contributed by atoms with van der Waals surface area (Å²) in [5.41, 5.74) is 11.9. The van der Waals surface area contributed by atoms with E-state index in [1.165, 1.54) is 0 Å². The number of hydrogen-bond donors (Lipinski definition) is 4. The molecule has 0 unspecified atom stereocenters.